The first-order valence-corrected chi connectivity index (χ1v) is 10.6. The summed E-state index contributed by atoms with van der Waals surface area (Å²) in [6.07, 6.45) is 3.74. The van der Waals surface area contributed by atoms with Crippen molar-refractivity contribution in [2.24, 2.45) is 0 Å². The van der Waals surface area contributed by atoms with E-state index in [1.54, 1.807) is 25.1 Å². The highest BCUT2D eigenvalue weighted by atomic mass is 35.5. The predicted octanol–water partition coefficient (Wildman–Crippen LogP) is 6.42. The Balaban J connectivity index is 1.49. The standard InChI is InChI=1S/C25H24ClNO3/c1-17(29-23-13-7-9-18-8-5-6-12-21(18)23)25(28)27-22-16-19(26)14-15-24(22)30-20-10-3-2-4-11-20/h2-4,7,9-11,13-17H,5-6,8,12H2,1H3,(H,27,28)/t17-/m1/s1. The molecule has 0 bridgehead atoms. The fourth-order valence-corrected chi connectivity index (χ4v) is 3.81. The largest absolute Gasteiger partial charge is 0.481 e. The highest BCUT2D eigenvalue weighted by molar-refractivity contribution is 6.31. The van der Waals surface area contributed by atoms with E-state index in [1.165, 1.54) is 17.5 Å². The summed E-state index contributed by atoms with van der Waals surface area (Å²) in [7, 11) is 0. The molecule has 0 saturated carbocycles. The van der Waals surface area contributed by atoms with Crippen molar-refractivity contribution < 1.29 is 14.3 Å². The number of rotatable bonds is 6. The summed E-state index contributed by atoms with van der Waals surface area (Å²) in [4.78, 5) is 12.9. The number of ether oxygens (including phenoxy) is 2. The number of carbonyl (C=O) groups is 1. The molecular weight excluding hydrogens is 398 g/mol. The summed E-state index contributed by atoms with van der Waals surface area (Å²) >= 11 is 6.15. The summed E-state index contributed by atoms with van der Waals surface area (Å²) in [5.74, 6) is 1.73. The minimum atomic E-state index is -0.665. The number of amides is 1. The monoisotopic (exact) mass is 421 g/mol. The molecule has 0 fully saturated rings. The van der Waals surface area contributed by atoms with Gasteiger partial charge in [0.1, 0.15) is 11.5 Å². The quantitative estimate of drug-likeness (QED) is 0.499. The van der Waals surface area contributed by atoms with Crippen LogP contribution in [0.2, 0.25) is 5.02 Å². The molecule has 1 N–H and O–H groups in total. The van der Waals surface area contributed by atoms with Gasteiger partial charge in [-0.05, 0) is 80.1 Å². The van der Waals surface area contributed by atoms with Gasteiger partial charge in [-0.25, -0.2) is 0 Å². The van der Waals surface area contributed by atoms with E-state index in [9.17, 15) is 4.79 Å². The van der Waals surface area contributed by atoms with E-state index in [0.717, 1.165) is 25.0 Å². The topological polar surface area (TPSA) is 47.6 Å². The van der Waals surface area contributed by atoms with Crippen LogP contribution in [-0.4, -0.2) is 12.0 Å². The van der Waals surface area contributed by atoms with Crippen molar-refractivity contribution in [3.8, 4) is 17.2 Å². The van der Waals surface area contributed by atoms with E-state index in [2.05, 4.69) is 11.4 Å². The van der Waals surface area contributed by atoms with Crippen LogP contribution in [0.3, 0.4) is 0 Å². The third-order valence-corrected chi connectivity index (χ3v) is 5.43. The molecule has 0 aromatic heterocycles. The zero-order valence-electron chi connectivity index (χ0n) is 16.9. The molecule has 0 saturated heterocycles. The molecule has 3 aromatic rings. The molecule has 0 radical (unpaired) electrons. The molecule has 154 valence electrons. The number of hydrogen-bond donors (Lipinski definition) is 1. The van der Waals surface area contributed by atoms with Crippen molar-refractivity contribution >= 4 is 23.2 Å². The van der Waals surface area contributed by atoms with Gasteiger partial charge in [0.25, 0.3) is 5.91 Å². The molecule has 1 amide bonds. The van der Waals surface area contributed by atoms with Gasteiger partial charge in [-0.3, -0.25) is 4.79 Å². The summed E-state index contributed by atoms with van der Waals surface area (Å²) < 4.78 is 12.0. The lowest BCUT2D eigenvalue weighted by Crippen LogP contribution is -2.30. The van der Waals surface area contributed by atoms with Crippen molar-refractivity contribution in [3.05, 3.63) is 82.9 Å². The van der Waals surface area contributed by atoms with Gasteiger partial charge in [0.05, 0.1) is 5.69 Å². The Morgan fingerprint density at radius 3 is 2.60 bits per heavy atom. The molecule has 30 heavy (non-hydrogen) atoms. The lowest BCUT2D eigenvalue weighted by Gasteiger charge is -2.22. The van der Waals surface area contributed by atoms with Crippen LogP contribution in [0.25, 0.3) is 0 Å². The van der Waals surface area contributed by atoms with Crippen molar-refractivity contribution in [1.29, 1.82) is 0 Å². The van der Waals surface area contributed by atoms with Gasteiger partial charge in [-0.1, -0.05) is 41.9 Å². The van der Waals surface area contributed by atoms with E-state index in [4.69, 9.17) is 21.1 Å². The Morgan fingerprint density at radius 1 is 0.967 bits per heavy atom. The summed E-state index contributed by atoms with van der Waals surface area (Å²) in [5.41, 5.74) is 3.04. The molecule has 4 rings (SSSR count). The van der Waals surface area contributed by atoms with E-state index in [1.807, 2.05) is 42.5 Å². The fourth-order valence-electron chi connectivity index (χ4n) is 3.64. The molecule has 3 aromatic carbocycles. The second kappa shape index (κ2) is 9.23. The lowest BCUT2D eigenvalue weighted by molar-refractivity contribution is -0.122. The number of nitrogens with one attached hydrogen (secondary N) is 1. The number of aryl methyl sites for hydroxylation is 1. The van der Waals surface area contributed by atoms with Crippen LogP contribution in [0.15, 0.2) is 66.7 Å². The van der Waals surface area contributed by atoms with E-state index in [-0.39, 0.29) is 5.91 Å². The van der Waals surface area contributed by atoms with Crippen LogP contribution >= 0.6 is 11.6 Å². The van der Waals surface area contributed by atoms with Gasteiger partial charge in [0, 0.05) is 5.02 Å². The first kappa shape index (κ1) is 20.3. The Morgan fingerprint density at radius 2 is 1.77 bits per heavy atom. The van der Waals surface area contributed by atoms with E-state index in [0.29, 0.717) is 22.2 Å². The molecule has 1 aliphatic rings. The maximum Gasteiger partial charge on any atom is 0.265 e. The molecule has 0 aliphatic heterocycles. The van der Waals surface area contributed by atoms with Crippen molar-refractivity contribution in [1.82, 2.24) is 0 Å². The third-order valence-electron chi connectivity index (χ3n) is 5.20. The summed E-state index contributed by atoms with van der Waals surface area (Å²) in [6, 6.07) is 20.6. The Kier molecular flexibility index (Phi) is 6.24. The fraction of sp³-hybridized carbons (Fsp3) is 0.240. The van der Waals surface area contributed by atoms with Crippen LogP contribution in [0.5, 0.6) is 17.2 Å². The first-order chi connectivity index (χ1) is 14.6. The highest BCUT2D eigenvalue weighted by Crippen LogP contribution is 2.33. The van der Waals surface area contributed by atoms with Gasteiger partial charge in [0.15, 0.2) is 11.9 Å². The number of benzene rings is 3. The van der Waals surface area contributed by atoms with E-state index >= 15 is 0 Å². The van der Waals surface area contributed by atoms with Gasteiger partial charge >= 0.3 is 0 Å². The highest BCUT2D eigenvalue weighted by Gasteiger charge is 2.21. The lowest BCUT2D eigenvalue weighted by atomic mass is 9.91. The average molecular weight is 422 g/mol. The second-order valence-corrected chi connectivity index (χ2v) is 7.84. The van der Waals surface area contributed by atoms with Crippen molar-refractivity contribution in [2.45, 2.75) is 38.7 Å². The average Bonchev–Trinajstić information content (AvgIpc) is 2.76. The smallest absolute Gasteiger partial charge is 0.265 e. The third kappa shape index (κ3) is 4.77. The molecular formula is C25H24ClNO3. The zero-order chi connectivity index (χ0) is 20.9. The number of fused-ring (bicyclic) bond motifs is 1. The normalized spacial score (nSPS) is 13.8. The number of halogens is 1. The minimum Gasteiger partial charge on any atom is -0.481 e. The SMILES string of the molecule is C[C@@H](Oc1cccc2c1CCCC2)C(=O)Nc1cc(Cl)ccc1Oc1ccccc1. The number of carbonyl (C=O) groups excluding carboxylic acids is 1. The Labute approximate surface area is 181 Å². The molecule has 5 heteroatoms. The molecule has 4 nitrogen and oxygen atoms in total. The van der Waals surface area contributed by atoms with Crippen LogP contribution in [0.1, 0.15) is 30.9 Å². The summed E-state index contributed by atoms with van der Waals surface area (Å²) in [6.45, 7) is 1.75. The molecule has 0 unspecified atom stereocenters. The molecule has 0 spiro atoms. The first-order valence-electron chi connectivity index (χ1n) is 10.2. The minimum absolute atomic E-state index is 0.261. The number of hydrogen-bond acceptors (Lipinski definition) is 3. The van der Waals surface area contributed by atoms with Gasteiger partial charge < -0.3 is 14.8 Å². The van der Waals surface area contributed by atoms with E-state index < -0.39 is 6.10 Å². The van der Waals surface area contributed by atoms with Gasteiger partial charge in [0.2, 0.25) is 0 Å². The Bertz CT molecular complexity index is 1040. The molecule has 1 aliphatic carbocycles. The van der Waals surface area contributed by atoms with Crippen molar-refractivity contribution in [3.63, 3.8) is 0 Å². The number of para-hydroxylation sites is 1. The Hall–Kier alpha value is -2.98. The van der Waals surface area contributed by atoms with Crippen LogP contribution in [0, 0.1) is 0 Å². The summed E-state index contributed by atoms with van der Waals surface area (Å²) in [5, 5.41) is 3.41. The second-order valence-electron chi connectivity index (χ2n) is 7.41. The maximum atomic E-state index is 12.9. The zero-order valence-corrected chi connectivity index (χ0v) is 17.6. The van der Waals surface area contributed by atoms with Crippen molar-refractivity contribution in [2.75, 3.05) is 5.32 Å². The van der Waals surface area contributed by atoms with Crippen LogP contribution in [0.4, 0.5) is 5.69 Å². The number of anilines is 1. The molecule has 1 atom stereocenters. The predicted molar refractivity (Wildman–Crippen MR) is 120 cm³/mol. The van der Waals surface area contributed by atoms with Gasteiger partial charge in [-0.2, -0.15) is 0 Å². The maximum absolute atomic E-state index is 12.9. The van der Waals surface area contributed by atoms with Crippen LogP contribution in [-0.2, 0) is 17.6 Å². The van der Waals surface area contributed by atoms with Crippen LogP contribution < -0.4 is 14.8 Å². The van der Waals surface area contributed by atoms with Gasteiger partial charge in [-0.15, -0.1) is 0 Å². The molecule has 0 heterocycles.